The molecule has 0 bridgehead atoms. The molecule has 104 valence electrons. The summed E-state index contributed by atoms with van der Waals surface area (Å²) in [5, 5.41) is 12.8. The molecule has 0 spiro atoms. The third-order valence-electron chi connectivity index (χ3n) is 2.94. The quantitative estimate of drug-likeness (QED) is 0.668. The Balaban J connectivity index is 3.05. The number of nitrogens with zero attached hydrogens (tertiary/aromatic N) is 2. The molecule has 0 aliphatic carbocycles. The number of aliphatic hydroxyl groups is 1. The fourth-order valence-corrected chi connectivity index (χ4v) is 3.23. The van der Waals surface area contributed by atoms with Crippen molar-refractivity contribution in [3.8, 4) is 0 Å². The molecule has 0 saturated carbocycles. The Morgan fingerprint density at radius 3 is 2.61 bits per heavy atom. The Kier molecular flexibility index (Phi) is 4.36. The van der Waals surface area contributed by atoms with Crippen LogP contribution in [0.5, 0.6) is 0 Å². The Labute approximate surface area is 107 Å². The predicted molar refractivity (Wildman–Crippen MR) is 68.3 cm³/mol. The van der Waals surface area contributed by atoms with Crippen molar-refractivity contribution >= 4 is 15.8 Å². The maximum atomic E-state index is 12.2. The van der Waals surface area contributed by atoms with Gasteiger partial charge in [-0.3, -0.25) is 4.68 Å². The Bertz CT molecular complexity index is 511. The van der Waals surface area contributed by atoms with Crippen LogP contribution in [-0.2, 0) is 17.1 Å². The zero-order chi connectivity index (χ0) is 14.0. The van der Waals surface area contributed by atoms with Crippen LogP contribution in [0, 0.1) is 0 Å². The van der Waals surface area contributed by atoms with Crippen LogP contribution in [-0.4, -0.2) is 35.5 Å². The molecular formula is C10H20N4O3S. The van der Waals surface area contributed by atoms with Crippen LogP contribution in [0.15, 0.2) is 11.1 Å². The molecule has 1 rings (SSSR count). The number of nitrogens with one attached hydrogen (secondary N) is 1. The Morgan fingerprint density at radius 2 is 2.22 bits per heavy atom. The molecule has 7 nitrogen and oxygen atoms in total. The van der Waals surface area contributed by atoms with Gasteiger partial charge in [0.15, 0.2) is 5.82 Å². The van der Waals surface area contributed by atoms with Crippen LogP contribution < -0.4 is 10.5 Å². The summed E-state index contributed by atoms with van der Waals surface area (Å²) in [4.78, 5) is -0.0392. The van der Waals surface area contributed by atoms with Crippen LogP contribution in [0.25, 0.3) is 0 Å². The van der Waals surface area contributed by atoms with Gasteiger partial charge >= 0.3 is 0 Å². The molecule has 0 saturated heterocycles. The van der Waals surface area contributed by atoms with Crippen molar-refractivity contribution < 1.29 is 13.5 Å². The molecule has 4 N–H and O–H groups in total. The van der Waals surface area contributed by atoms with Gasteiger partial charge in [-0.2, -0.15) is 5.10 Å². The van der Waals surface area contributed by atoms with E-state index in [9.17, 15) is 8.42 Å². The van der Waals surface area contributed by atoms with Gasteiger partial charge in [-0.25, -0.2) is 13.1 Å². The highest BCUT2D eigenvalue weighted by Gasteiger charge is 2.30. The van der Waals surface area contributed by atoms with Gasteiger partial charge in [0.25, 0.3) is 0 Å². The van der Waals surface area contributed by atoms with Crippen molar-refractivity contribution in [2.45, 2.75) is 37.1 Å². The van der Waals surface area contributed by atoms with Crippen molar-refractivity contribution in [1.29, 1.82) is 0 Å². The van der Waals surface area contributed by atoms with E-state index in [1.807, 2.05) is 6.92 Å². The number of anilines is 1. The molecule has 1 atom stereocenters. The SMILES string of the molecule is CCC(C)(CCO)NS(=O)(=O)c1cn(C)nc1N. The smallest absolute Gasteiger partial charge is 0.246 e. The number of hydrogen-bond acceptors (Lipinski definition) is 5. The second-order valence-electron chi connectivity index (χ2n) is 4.55. The van der Waals surface area contributed by atoms with Gasteiger partial charge < -0.3 is 10.8 Å². The maximum absolute atomic E-state index is 12.2. The van der Waals surface area contributed by atoms with Crippen LogP contribution in [0.2, 0.25) is 0 Å². The van der Waals surface area contributed by atoms with Gasteiger partial charge in [-0.1, -0.05) is 6.92 Å². The molecule has 1 heterocycles. The maximum Gasteiger partial charge on any atom is 0.246 e. The summed E-state index contributed by atoms with van der Waals surface area (Å²) in [6, 6.07) is 0. The first-order valence-corrected chi connectivity index (χ1v) is 7.16. The van der Waals surface area contributed by atoms with Crippen LogP contribution in [0.4, 0.5) is 5.82 Å². The lowest BCUT2D eigenvalue weighted by Crippen LogP contribution is -2.46. The monoisotopic (exact) mass is 276 g/mol. The lowest BCUT2D eigenvalue weighted by atomic mass is 9.97. The van der Waals surface area contributed by atoms with E-state index in [0.29, 0.717) is 12.8 Å². The third kappa shape index (κ3) is 3.21. The van der Waals surface area contributed by atoms with E-state index in [1.165, 1.54) is 10.9 Å². The summed E-state index contributed by atoms with van der Waals surface area (Å²) < 4.78 is 28.3. The van der Waals surface area contributed by atoms with Gasteiger partial charge in [0.1, 0.15) is 4.90 Å². The van der Waals surface area contributed by atoms with Gasteiger partial charge in [-0.05, 0) is 19.8 Å². The lowest BCUT2D eigenvalue weighted by molar-refractivity contribution is 0.233. The summed E-state index contributed by atoms with van der Waals surface area (Å²) in [6.45, 7) is 3.51. The number of nitrogens with two attached hydrogens (primary N) is 1. The molecule has 8 heteroatoms. The van der Waals surface area contributed by atoms with Crippen molar-refractivity contribution in [3.63, 3.8) is 0 Å². The summed E-state index contributed by atoms with van der Waals surface area (Å²) in [5.74, 6) is -0.0348. The highest BCUT2D eigenvalue weighted by molar-refractivity contribution is 7.89. The fraction of sp³-hybridized carbons (Fsp3) is 0.700. The molecule has 1 unspecified atom stereocenters. The number of rotatable bonds is 6. The van der Waals surface area contributed by atoms with Crippen molar-refractivity contribution in [2.24, 2.45) is 7.05 Å². The molecule has 0 radical (unpaired) electrons. The van der Waals surface area contributed by atoms with Gasteiger partial charge in [0.2, 0.25) is 10.0 Å². The van der Waals surface area contributed by atoms with E-state index in [4.69, 9.17) is 10.8 Å². The topological polar surface area (TPSA) is 110 Å². The van der Waals surface area contributed by atoms with E-state index < -0.39 is 15.6 Å². The highest BCUT2D eigenvalue weighted by Crippen LogP contribution is 2.21. The van der Waals surface area contributed by atoms with E-state index in [1.54, 1.807) is 14.0 Å². The number of sulfonamides is 1. The highest BCUT2D eigenvalue weighted by atomic mass is 32.2. The first kappa shape index (κ1) is 14.9. The normalized spacial score (nSPS) is 15.6. The first-order chi connectivity index (χ1) is 8.24. The first-order valence-electron chi connectivity index (χ1n) is 5.68. The van der Waals surface area contributed by atoms with Gasteiger partial charge in [-0.15, -0.1) is 0 Å². The van der Waals surface area contributed by atoms with Crippen LogP contribution >= 0.6 is 0 Å². The number of hydrogen-bond donors (Lipinski definition) is 3. The van der Waals surface area contributed by atoms with E-state index in [-0.39, 0.29) is 17.3 Å². The summed E-state index contributed by atoms with van der Waals surface area (Å²) in [6.07, 6.45) is 2.25. The minimum absolute atomic E-state index is 0.0348. The number of aromatic nitrogens is 2. The number of nitrogen functional groups attached to an aromatic ring is 1. The molecule has 1 aromatic heterocycles. The Hall–Kier alpha value is -1.12. The van der Waals surface area contributed by atoms with Crippen molar-refractivity contribution in [3.05, 3.63) is 6.20 Å². The zero-order valence-corrected chi connectivity index (χ0v) is 11.7. The number of aryl methyl sites for hydroxylation is 1. The van der Waals surface area contributed by atoms with Crippen LogP contribution in [0.3, 0.4) is 0 Å². The fourth-order valence-electron chi connectivity index (χ4n) is 1.62. The molecular weight excluding hydrogens is 256 g/mol. The third-order valence-corrected chi connectivity index (χ3v) is 4.59. The van der Waals surface area contributed by atoms with Crippen molar-refractivity contribution in [1.82, 2.24) is 14.5 Å². The zero-order valence-electron chi connectivity index (χ0n) is 10.8. The van der Waals surface area contributed by atoms with E-state index >= 15 is 0 Å². The molecule has 18 heavy (non-hydrogen) atoms. The standard InChI is InChI=1S/C10H20N4O3S/c1-4-10(2,5-6-15)13-18(16,17)8-7-14(3)12-9(8)11/h7,13,15H,4-6H2,1-3H3,(H2,11,12). The minimum atomic E-state index is -3.73. The number of aliphatic hydroxyl groups excluding tert-OH is 1. The molecule has 1 aromatic rings. The summed E-state index contributed by atoms with van der Waals surface area (Å²) in [5.41, 5.74) is 4.86. The van der Waals surface area contributed by atoms with E-state index in [0.717, 1.165) is 0 Å². The average Bonchev–Trinajstić information content (AvgIpc) is 2.58. The lowest BCUT2D eigenvalue weighted by Gasteiger charge is -2.28. The van der Waals surface area contributed by atoms with Crippen molar-refractivity contribution in [2.75, 3.05) is 12.3 Å². The summed E-state index contributed by atoms with van der Waals surface area (Å²) in [7, 11) is -2.13. The molecule has 0 fully saturated rings. The van der Waals surface area contributed by atoms with Gasteiger partial charge in [0.05, 0.1) is 0 Å². The summed E-state index contributed by atoms with van der Waals surface area (Å²) >= 11 is 0. The molecule has 0 aromatic carbocycles. The molecule has 0 amide bonds. The largest absolute Gasteiger partial charge is 0.396 e. The minimum Gasteiger partial charge on any atom is -0.396 e. The van der Waals surface area contributed by atoms with Crippen LogP contribution in [0.1, 0.15) is 26.7 Å². The Morgan fingerprint density at radius 1 is 1.61 bits per heavy atom. The predicted octanol–water partition coefficient (Wildman–Crippen LogP) is -0.168. The molecule has 0 aliphatic rings. The average molecular weight is 276 g/mol. The van der Waals surface area contributed by atoms with E-state index in [2.05, 4.69) is 9.82 Å². The second kappa shape index (κ2) is 5.25. The van der Waals surface area contributed by atoms with Gasteiger partial charge in [0, 0.05) is 25.4 Å². The second-order valence-corrected chi connectivity index (χ2v) is 6.20. The molecule has 0 aliphatic heterocycles.